The molecule has 15 heteroatoms. The van der Waals surface area contributed by atoms with Crippen LogP contribution in [-0.4, -0.2) is 26.7 Å². The van der Waals surface area contributed by atoms with Crippen LogP contribution in [0.25, 0.3) is 10.9 Å². The van der Waals surface area contributed by atoms with Gasteiger partial charge in [-0.3, -0.25) is 15.1 Å². The summed E-state index contributed by atoms with van der Waals surface area (Å²) in [4.78, 5) is 15.2. The summed E-state index contributed by atoms with van der Waals surface area (Å²) in [6, 6.07) is 9.18. The van der Waals surface area contributed by atoms with Crippen molar-refractivity contribution in [1.29, 1.82) is 5.26 Å². The fourth-order valence-electron chi connectivity index (χ4n) is 3.18. The maximum absolute atomic E-state index is 12.8. The van der Waals surface area contributed by atoms with Crippen LogP contribution in [0, 0.1) is 21.4 Å². The number of nitrogens with zero attached hydrogens (tertiary/aromatic N) is 5. The molecule has 2 N–H and O–H groups in total. The van der Waals surface area contributed by atoms with Crippen molar-refractivity contribution in [2.45, 2.75) is 13.1 Å². The van der Waals surface area contributed by atoms with Crippen molar-refractivity contribution in [1.82, 2.24) is 15.2 Å². The van der Waals surface area contributed by atoms with Crippen molar-refractivity contribution in [2.24, 2.45) is 0 Å². The Morgan fingerprint density at radius 3 is 2.64 bits per heavy atom. The number of hydrogen-bond acceptors (Lipinski definition) is 10. The van der Waals surface area contributed by atoms with E-state index in [0.717, 1.165) is 0 Å². The first-order chi connectivity index (χ1) is 17.1. The Morgan fingerprint density at radius 2 is 2.03 bits per heavy atom. The molecule has 0 fully saturated rings. The third-order valence-electron chi connectivity index (χ3n) is 4.71. The van der Waals surface area contributed by atoms with Crippen LogP contribution in [-0.2, 0) is 6.18 Å². The Balaban J connectivity index is 1.69. The highest BCUT2D eigenvalue weighted by Crippen LogP contribution is 2.39. The van der Waals surface area contributed by atoms with Gasteiger partial charge in [-0.15, -0.1) is 10.2 Å². The largest absolute Gasteiger partial charge is 0.487 e. The number of alkyl halides is 3. The minimum absolute atomic E-state index is 0.0435. The molecule has 0 saturated carbocycles. The minimum atomic E-state index is -4.61. The van der Waals surface area contributed by atoms with Gasteiger partial charge in [0, 0.05) is 29.4 Å². The van der Waals surface area contributed by atoms with Gasteiger partial charge in [-0.05, 0) is 25.1 Å². The molecule has 0 bridgehead atoms. The quantitative estimate of drug-likeness (QED) is 0.202. The highest BCUT2D eigenvalue weighted by Gasteiger charge is 2.35. The Hall–Kier alpha value is -4.22. The van der Waals surface area contributed by atoms with Crippen molar-refractivity contribution in [3.05, 3.63) is 62.2 Å². The fraction of sp³-hybridized carbons (Fsp3) is 0.143. The predicted octanol–water partition coefficient (Wildman–Crippen LogP) is 6.42. The molecule has 4 aromatic rings. The molecule has 4 rings (SSSR count). The number of nitrogens with one attached hydrogen (secondary N) is 2. The maximum Gasteiger partial charge on any atom is 0.445 e. The summed E-state index contributed by atoms with van der Waals surface area (Å²) in [5.74, 6) is 0.0435. The van der Waals surface area contributed by atoms with Crippen LogP contribution in [0.5, 0.6) is 5.75 Å². The topological polar surface area (TPSA) is 139 Å². The van der Waals surface area contributed by atoms with Crippen molar-refractivity contribution in [2.75, 3.05) is 17.2 Å². The Bertz CT molecular complexity index is 1520. The lowest BCUT2D eigenvalue weighted by Crippen LogP contribution is -2.03. The summed E-state index contributed by atoms with van der Waals surface area (Å²) in [6.07, 6.45) is -3.29. The molecule has 0 saturated heterocycles. The highest BCUT2D eigenvalue weighted by molar-refractivity contribution is 7.15. The second-order valence-corrected chi connectivity index (χ2v) is 8.43. The smallest absolute Gasteiger partial charge is 0.445 e. The zero-order valence-electron chi connectivity index (χ0n) is 18.1. The molecule has 0 radical (unpaired) electrons. The molecule has 0 spiro atoms. The van der Waals surface area contributed by atoms with Crippen LogP contribution < -0.4 is 15.4 Å². The van der Waals surface area contributed by atoms with Gasteiger partial charge in [0.05, 0.1) is 39.0 Å². The summed E-state index contributed by atoms with van der Waals surface area (Å²) in [7, 11) is 0. The Kier molecular flexibility index (Phi) is 6.77. The Morgan fingerprint density at radius 1 is 1.25 bits per heavy atom. The van der Waals surface area contributed by atoms with Crippen LogP contribution in [0.2, 0.25) is 5.02 Å². The number of anilines is 4. The SMILES string of the molecule is CCOc1cc2ncc(C#N)c(Nc3ccc(Nc4nnc(C(F)(F)F)s4)c(Cl)c3)c2cc1[N+](=O)[O-]. The van der Waals surface area contributed by atoms with E-state index in [1.807, 2.05) is 6.07 Å². The zero-order chi connectivity index (χ0) is 26.0. The molecule has 2 heterocycles. The number of nitro benzene ring substituents is 1. The molecule has 2 aromatic carbocycles. The van der Waals surface area contributed by atoms with Gasteiger partial charge in [0.25, 0.3) is 0 Å². The second-order valence-electron chi connectivity index (χ2n) is 7.04. The fourth-order valence-corrected chi connectivity index (χ4v) is 4.03. The number of nitro groups is 1. The minimum Gasteiger partial charge on any atom is -0.487 e. The summed E-state index contributed by atoms with van der Waals surface area (Å²) >= 11 is 6.63. The molecule has 0 unspecified atom stereocenters. The zero-order valence-corrected chi connectivity index (χ0v) is 19.6. The van der Waals surface area contributed by atoms with E-state index < -0.39 is 16.1 Å². The summed E-state index contributed by atoms with van der Waals surface area (Å²) in [5.41, 5.74) is 1.10. The Labute approximate surface area is 209 Å². The number of nitriles is 1. The third kappa shape index (κ3) is 5.07. The van der Waals surface area contributed by atoms with Crippen LogP contribution in [0.15, 0.2) is 36.5 Å². The van der Waals surface area contributed by atoms with Gasteiger partial charge < -0.3 is 15.4 Å². The average Bonchev–Trinajstić information content (AvgIpc) is 3.30. The first kappa shape index (κ1) is 24.9. The van der Waals surface area contributed by atoms with Crippen molar-refractivity contribution in [3.8, 4) is 11.8 Å². The number of benzene rings is 2. The predicted molar refractivity (Wildman–Crippen MR) is 127 cm³/mol. The van der Waals surface area contributed by atoms with Gasteiger partial charge in [0.15, 0.2) is 5.75 Å². The second kappa shape index (κ2) is 9.80. The highest BCUT2D eigenvalue weighted by atomic mass is 35.5. The van der Waals surface area contributed by atoms with Crippen molar-refractivity contribution < 1.29 is 22.8 Å². The first-order valence-corrected chi connectivity index (χ1v) is 11.2. The number of rotatable bonds is 7. The van der Waals surface area contributed by atoms with Crippen LogP contribution in [0.3, 0.4) is 0 Å². The van der Waals surface area contributed by atoms with Gasteiger partial charge in [-0.25, -0.2) is 0 Å². The summed E-state index contributed by atoms with van der Waals surface area (Å²) in [5, 5.41) is 32.7. The van der Waals surface area contributed by atoms with E-state index in [9.17, 15) is 28.5 Å². The van der Waals surface area contributed by atoms with Gasteiger partial charge in [0.2, 0.25) is 10.1 Å². The van der Waals surface area contributed by atoms with Gasteiger partial charge in [0.1, 0.15) is 6.07 Å². The molecule has 0 aliphatic carbocycles. The van der Waals surface area contributed by atoms with Crippen LogP contribution >= 0.6 is 22.9 Å². The van der Waals surface area contributed by atoms with E-state index in [1.165, 1.54) is 30.5 Å². The standard InChI is InChI=1S/C21H13ClF3N7O3S/c1-2-35-17-7-15-12(6-16(17)32(33)34)18(10(8-26)9-27-15)28-11-3-4-14(13(22)5-11)29-20-31-30-19(36-20)21(23,24)25/h3-7,9H,2H2,1H3,(H,27,28)(H,29,31). The van der Waals surface area contributed by atoms with Gasteiger partial charge in [-0.1, -0.05) is 22.9 Å². The van der Waals surface area contributed by atoms with E-state index in [0.29, 0.717) is 27.9 Å². The molecule has 10 nitrogen and oxygen atoms in total. The number of halogens is 4. The first-order valence-electron chi connectivity index (χ1n) is 9.99. The van der Waals surface area contributed by atoms with Crippen molar-refractivity contribution >= 4 is 61.7 Å². The lowest BCUT2D eigenvalue weighted by molar-refractivity contribution is -0.385. The number of hydrogen-bond donors (Lipinski definition) is 2. The number of fused-ring (bicyclic) bond motifs is 1. The van der Waals surface area contributed by atoms with E-state index in [-0.39, 0.29) is 45.1 Å². The summed E-state index contributed by atoms with van der Waals surface area (Å²) in [6.45, 7) is 1.90. The molecular weight excluding hydrogens is 523 g/mol. The van der Waals surface area contributed by atoms with E-state index in [4.69, 9.17) is 16.3 Å². The molecular formula is C21H13ClF3N7O3S. The van der Waals surface area contributed by atoms with Crippen molar-refractivity contribution in [3.63, 3.8) is 0 Å². The van der Waals surface area contributed by atoms with Gasteiger partial charge in [-0.2, -0.15) is 18.4 Å². The monoisotopic (exact) mass is 535 g/mol. The lowest BCUT2D eigenvalue weighted by atomic mass is 10.1. The maximum atomic E-state index is 12.8. The normalized spacial score (nSPS) is 11.2. The molecule has 2 aromatic heterocycles. The number of aromatic nitrogens is 3. The van der Waals surface area contributed by atoms with Crippen LogP contribution in [0.4, 0.5) is 41.1 Å². The summed E-state index contributed by atoms with van der Waals surface area (Å²) < 4.78 is 43.6. The van der Waals surface area contributed by atoms with Gasteiger partial charge >= 0.3 is 11.9 Å². The molecule has 0 aliphatic heterocycles. The molecule has 0 amide bonds. The lowest BCUT2D eigenvalue weighted by Gasteiger charge is -2.14. The molecule has 36 heavy (non-hydrogen) atoms. The van der Waals surface area contributed by atoms with Crippen LogP contribution in [0.1, 0.15) is 17.5 Å². The van der Waals surface area contributed by atoms with E-state index in [1.54, 1.807) is 13.0 Å². The third-order valence-corrected chi connectivity index (χ3v) is 5.91. The number of ether oxygens (including phenoxy) is 1. The molecule has 0 atom stereocenters. The van der Waals surface area contributed by atoms with E-state index in [2.05, 4.69) is 25.8 Å². The molecule has 184 valence electrons. The van der Waals surface area contributed by atoms with E-state index >= 15 is 0 Å². The molecule has 0 aliphatic rings. The number of pyridine rings is 1. The average molecular weight is 536 g/mol.